The lowest BCUT2D eigenvalue weighted by Crippen LogP contribution is -2.54. The Bertz CT molecular complexity index is 842. The van der Waals surface area contributed by atoms with Gasteiger partial charge in [0.05, 0.1) is 29.8 Å². The largest absolute Gasteiger partial charge is 0.352 e. The van der Waals surface area contributed by atoms with Gasteiger partial charge in [-0.25, -0.2) is 4.99 Å². The molecule has 3 rings (SSSR count). The SMILES string of the molecule is CCCCN(CCCC)CC(=O)N1c2ccccc2N(CCCC)C(=O)C2=CN=CNC21. The van der Waals surface area contributed by atoms with Crippen LogP contribution in [0.25, 0.3) is 0 Å². The average Bonchev–Trinajstić information content (AvgIpc) is 2.92. The number of nitrogens with one attached hydrogen (secondary N) is 1. The maximum Gasteiger partial charge on any atom is 0.259 e. The Hall–Kier alpha value is -2.67. The number of aliphatic imine (C=N–C) groups is 1. The van der Waals surface area contributed by atoms with Gasteiger partial charge in [-0.1, -0.05) is 52.2 Å². The third-order valence-electron chi connectivity index (χ3n) is 6.02. The molecule has 7 nitrogen and oxygen atoms in total. The van der Waals surface area contributed by atoms with Gasteiger partial charge in [-0.3, -0.25) is 19.4 Å². The van der Waals surface area contributed by atoms with Crippen molar-refractivity contribution in [1.82, 2.24) is 10.2 Å². The number of fused-ring (bicyclic) bond motifs is 2. The standard InChI is InChI=1S/C25H37N5O2/c1-4-7-14-28(15-8-5-2)18-23(31)30-22-13-11-10-12-21(22)29(16-9-6-3)25(32)20-17-26-19-27-24(20)30/h10-13,17,19,24H,4-9,14-16,18H2,1-3H3,(H,26,27). The Morgan fingerprint density at radius 3 is 2.34 bits per heavy atom. The molecular weight excluding hydrogens is 402 g/mol. The van der Waals surface area contributed by atoms with E-state index in [1.54, 1.807) is 22.3 Å². The van der Waals surface area contributed by atoms with Crippen molar-refractivity contribution in [2.24, 2.45) is 4.99 Å². The van der Waals surface area contributed by atoms with Crippen molar-refractivity contribution in [1.29, 1.82) is 0 Å². The molecule has 0 aromatic heterocycles. The molecule has 1 aromatic carbocycles. The molecule has 0 fully saturated rings. The predicted molar refractivity (Wildman–Crippen MR) is 131 cm³/mol. The molecule has 2 amide bonds. The van der Waals surface area contributed by atoms with Crippen LogP contribution in [0.3, 0.4) is 0 Å². The summed E-state index contributed by atoms with van der Waals surface area (Å²) >= 11 is 0. The van der Waals surface area contributed by atoms with Gasteiger partial charge in [-0.15, -0.1) is 0 Å². The summed E-state index contributed by atoms with van der Waals surface area (Å²) in [6.07, 6.45) is 8.81. The number of carbonyl (C=O) groups is 2. The van der Waals surface area contributed by atoms with E-state index >= 15 is 0 Å². The Kier molecular flexibility index (Phi) is 8.85. The number of hydrogen-bond acceptors (Lipinski definition) is 5. The van der Waals surface area contributed by atoms with Crippen molar-refractivity contribution in [2.45, 2.75) is 65.5 Å². The van der Waals surface area contributed by atoms with E-state index in [0.717, 1.165) is 63.0 Å². The predicted octanol–water partition coefficient (Wildman–Crippen LogP) is 3.91. The molecule has 2 aliphatic heterocycles. The number of anilines is 2. The first-order valence-corrected chi connectivity index (χ1v) is 12.0. The van der Waals surface area contributed by atoms with Crippen molar-refractivity contribution in [3.8, 4) is 0 Å². The summed E-state index contributed by atoms with van der Waals surface area (Å²) in [5.74, 6) is -0.0992. The van der Waals surface area contributed by atoms with Gasteiger partial charge in [0.15, 0.2) is 0 Å². The van der Waals surface area contributed by atoms with Gasteiger partial charge in [-0.05, 0) is 44.5 Å². The number of amides is 2. The third kappa shape index (κ3) is 5.38. The zero-order chi connectivity index (χ0) is 22.9. The van der Waals surface area contributed by atoms with E-state index in [1.165, 1.54) is 0 Å². The third-order valence-corrected chi connectivity index (χ3v) is 6.02. The molecule has 0 bridgehead atoms. The van der Waals surface area contributed by atoms with Crippen molar-refractivity contribution >= 4 is 29.5 Å². The number of nitrogens with zero attached hydrogens (tertiary/aromatic N) is 4. The summed E-state index contributed by atoms with van der Waals surface area (Å²) < 4.78 is 0. The second-order valence-electron chi connectivity index (χ2n) is 8.48. The highest BCUT2D eigenvalue weighted by Gasteiger charge is 2.40. The summed E-state index contributed by atoms with van der Waals surface area (Å²) in [4.78, 5) is 37.3. The summed E-state index contributed by atoms with van der Waals surface area (Å²) in [5, 5.41) is 3.18. The van der Waals surface area contributed by atoms with Gasteiger partial charge in [0, 0.05) is 12.7 Å². The fourth-order valence-corrected chi connectivity index (χ4v) is 4.20. The smallest absolute Gasteiger partial charge is 0.259 e. The summed E-state index contributed by atoms with van der Waals surface area (Å²) in [6.45, 7) is 9.21. The van der Waals surface area contributed by atoms with Crippen molar-refractivity contribution < 1.29 is 9.59 Å². The van der Waals surface area contributed by atoms with Crippen LogP contribution in [-0.4, -0.2) is 55.4 Å². The zero-order valence-electron chi connectivity index (χ0n) is 19.7. The lowest BCUT2D eigenvalue weighted by molar-refractivity contribution is -0.120. The Morgan fingerprint density at radius 1 is 1.03 bits per heavy atom. The number of hydrogen-bond donors (Lipinski definition) is 1. The van der Waals surface area contributed by atoms with Crippen LogP contribution in [0.5, 0.6) is 0 Å². The number of para-hydroxylation sites is 2. The van der Waals surface area contributed by atoms with E-state index in [1.807, 2.05) is 24.3 Å². The van der Waals surface area contributed by atoms with E-state index in [-0.39, 0.29) is 11.8 Å². The molecular formula is C25H37N5O2. The molecule has 1 unspecified atom stereocenters. The van der Waals surface area contributed by atoms with Crippen LogP contribution < -0.4 is 15.1 Å². The highest BCUT2D eigenvalue weighted by molar-refractivity contribution is 6.14. The second-order valence-corrected chi connectivity index (χ2v) is 8.48. The van der Waals surface area contributed by atoms with Crippen LogP contribution in [0, 0.1) is 0 Å². The van der Waals surface area contributed by atoms with Crippen LogP contribution in [-0.2, 0) is 9.59 Å². The monoisotopic (exact) mass is 439 g/mol. The first-order valence-electron chi connectivity index (χ1n) is 12.0. The first-order chi connectivity index (χ1) is 15.6. The molecule has 174 valence electrons. The maximum absolute atomic E-state index is 13.8. The molecule has 0 radical (unpaired) electrons. The molecule has 1 N–H and O–H groups in total. The summed E-state index contributed by atoms with van der Waals surface area (Å²) in [6, 6.07) is 7.74. The van der Waals surface area contributed by atoms with Gasteiger partial charge in [0.1, 0.15) is 6.17 Å². The van der Waals surface area contributed by atoms with Crippen LogP contribution in [0.4, 0.5) is 11.4 Å². The van der Waals surface area contributed by atoms with E-state index in [4.69, 9.17) is 0 Å². The van der Waals surface area contributed by atoms with Crippen molar-refractivity contribution in [3.05, 3.63) is 36.0 Å². The number of rotatable bonds is 11. The van der Waals surface area contributed by atoms with Gasteiger partial charge in [0.2, 0.25) is 5.91 Å². The highest BCUT2D eigenvalue weighted by atomic mass is 16.2. The Labute approximate surface area is 192 Å². The van der Waals surface area contributed by atoms with E-state index in [2.05, 4.69) is 36.0 Å². The van der Waals surface area contributed by atoms with Gasteiger partial charge in [-0.2, -0.15) is 0 Å². The molecule has 2 heterocycles. The summed E-state index contributed by atoms with van der Waals surface area (Å²) in [7, 11) is 0. The van der Waals surface area contributed by atoms with E-state index < -0.39 is 6.17 Å². The average molecular weight is 440 g/mol. The minimum Gasteiger partial charge on any atom is -0.352 e. The van der Waals surface area contributed by atoms with E-state index in [0.29, 0.717) is 18.7 Å². The molecule has 7 heteroatoms. The van der Waals surface area contributed by atoms with Crippen LogP contribution in [0.1, 0.15) is 59.3 Å². The quantitative estimate of drug-likeness (QED) is 0.568. The van der Waals surface area contributed by atoms with Crippen molar-refractivity contribution in [2.75, 3.05) is 36.0 Å². The van der Waals surface area contributed by atoms with Gasteiger partial charge >= 0.3 is 0 Å². The van der Waals surface area contributed by atoms with Gasteiger partial charge < -0.3 is 10.2 Å². The molecule has 0 saturated heterocycles. The molecule has 0 spiro atoms. The molecule has 0 saturated carbocycles. The highest BCUT2D eigenvalue weighted by Crippen LogP contribution is 2.37. The Balaban J connectivity index is 1.98. The molecule has 2 aliphatic rings. The number of carbonyl (C=O) groups excluding carboxylic acids is 2. The normalized spacial score (nSPS) is 17.6. The van der Waals surface area contributed by atoms with Crippen LogP contribution in [0.15, 0.2) is 41.0 Å². The molecule has 1 atom stereocenters. The van der Waals surface area contributed by atoms with Gasteiger partial charge in [0.25, 0.3) is 5.91 Å². The van der Waals surface area contributed by atoms with E-state index in [9.17, 15) is 9.59 Å². The minimum absolute atomic E-state index is 0.00602. The Morgan fingerprint density at radius 2 is 1.69 bits per heavy atom. The molecule has 1 aromatic rings. The fraction of sp³-hybridized carbons (Fsp3) is 0.560. The molecule has 0 aliphatic carbocycles. The number of benzene rings is 1. The number of unbranched alkanes of at least 4 members (excludes halogenated alkanes) is 3. The van der Waals surface area contributed by atoms with Crippen LogP contribution in [0.2, 0.25) is 0 Å². The lowest BCUT2D eigenvalue weighted by Gasteiger charge is -2.34. The topological polar surface area (TPSA) is 68.2 Å². The first kappa shape index (κ1) is 24.0. The fourth-order valence-electron chi connectivity index (χ4n) is 4.20. The zero-order valence-corrected chi connectivity index (χ0v) is 19.7. The summed E-state index contributed by atoms with van der Waals surface area (Å²) in [5.41, 5.74) is 2.05. The second kappa shape index (κ2) is 11.8. The van der Waals surface area contributed by atoms with Crippen LogP contribution >= 0.6 is 0 Å². The maximum atomic E-state index is 13.8. The lowest BCUT2D eigenvalue weighted by atomic mass is 10.1. The minimum atomic E-state index is -0.556. The molecule has 32 heavy (non-hydrogen) atoms. The van der Waals surface area contributed by atoms with Crippen molar-refractivity contribution in [3.63, 3.8) is 0 Å².